The molecule has 8 rings (SSSR count). The highest BCUT2D eigenvalue weighted by molar-refractivity contribution is 6.23. The molecule has 6 nitrogen and oxygen atoms in total. The SMILES string of the molecule is O=C1[C@@H]2[C@H](C(=O)N1c1cccc(C#C/C=C\c3cccc(N4C(=O)[C@H]5[C@H](C4=O)[C@H]4C=C[C@H]5C4)c3)c1)[C@H]1C=C[C@H]2C1. The lowest BCUT2D eigenvalue weighted by atomic mass is 9.85. The topological polar surface area (TPSA) is 74.8 Å². The fourth-order valence-electron chi connectivity index (χ4n) is 8.07. The van der Waals surface area contributed by atoms with E-state index >= 15 is 0 Å². The first kappa shape index (κ1) is 23.4. The van der Waals surface area contributed by atoms with Gasteiger partial charge in [-0.2, -0.15) is 0 Å². The van der Waals surface area contributed by atoms with Gasteiger partial charge < -0.3 is 0 Å². The minimum atomic E-state index is -0.228. The number of imide groups is 2. The summed E-state index contributed by atoms with van der Waals surface area (Å²) in [5.74, 6) is 5.57. The molecule has 6 heteroatoms. The van der Waals surface area contributed by atoms with Crippen LogP contribution >= 0.6 is 0 Å². The van der Waals surface area contributed by atoms with Crippen molar-refractivity contribution in [3.8, 4) is 11.8 Å². The van der Waals surface area contributed by atoms with Crippen LogP contribution in [0.4, 0.5) is 11.4 Å². The number of carbonyl (C=O) groups excluding carboxylic acids is 4. The van der Waals surface area contributed by atoms with Crippen molar-refractivity contribution in [1.29, 1.82) is 0 Å². The highest BCUT2D eigenvalue weighted by Gasteiger charge is 2.60. The molecule has 0 spiro atoms. The minimum Gasteiger partial charge on any atom is -0.274 e. The van der Waals surface area contributed by atoms with Crippen LogP contribution in [0.1, 0.15) is 24.0 Å². The summed E-state index contributed by atoms with van der Waals surface area (Å²) in [6.45, 7) is 0. The Bertz CT molecular complexity index is 1610. The molecule has 196 valence electrons. The predicted molar refractivity (Wildman–Crippen MR) is 149 cm³/mol. The third kappa shape index (κ3) is 3.24. The van der Waals surface area contributed by atoms with Gasteiger partial charge in [0.1, 0.15) is 0 Å². The molecule has 2 aromatic carbocycles. The van der Waals surface area contributed by atoms with E-state index in [1.165, 1.54) is 9.80 Å². The van der Waals surface area contributed by atoms with Crippen LogP contribution in [0.2, 0.25) is 0 Å². The number of nitrogens with zero attached hydrogens (tertiary/aromatic N) is 2. The highest BCUT2D eigenvalue weighted by Crippen LogP contribution is 2.54. The minimum absolute atomic E-state index is 0.0878. The zero-order valence-electron chi connectivity index (χ0n) is 21.6. The molecule has 40 heavy (non-hydrogen) atoms. The molecule has 2 saturated carbocycles. The van der Waals surface area contributed by atoms with E-state index in [0.717, 1.165) is 18.4 Å². The molecule has 0 unspecified atom stereocenters. The normalized spacial score (nSPS) is 34.4. The Hall–Kier alpha value is -4.50. The summed E-state index contributed by atoms with van der Waals surface area (Å²) in [6, 6.07) is 14.6. The molecule has 4 fully saturated rings. The van der Waals surface area contributed by atoms with E-state index in [2.05, 4.69) is 36.1 Å². The molecule has 6 aliphatic rings. The van der Waals surface area contributed by atoms with Gasteiger partial charge in [0.05, 0.1) is 35.0 Å². The van der Waals surface area contributed by atoms with Crippen LogP contribution in [-0.2, 0) is 19.2 Å². The molecule has 8 atom stereocenters. The van der Waals surface area contributed by atoms with Crippen molar-refractivity contribution >= 4 is 41.1 Å². The number of hydrogen-bond acceptors (Lipinski definition) is 4. The zero-order valence-corrected chi connectivity index (χ0v) is 21.6. The second kappa shape index (κ2) is 8.50. The van der Waals surface area contributed by atoms with Crippen molar-refractivity contribution in [3.05, 3.63) is 90.0 Å². The van der Waals surface area contributed by atoms with Gasteiger partial charge in [-0.1, -0.05) is 54.3 Å². The van der Waals surface area contributed by atoms with E-state index in [4.69, 9.17) is 0 Å². The van der Waals surface area contributed by atoms with Crippen LogP contribution in [0, 0.1) is 59.2 Å². The highest BCUT2D eigenvalue weighted by atomic mass is 16.2. The molecule has 2 saturated heterocycles. The number of benzene rings is 2. The second-order valence-corrected chi connectivity index (χ2v) is 11.8. The van der Waals surface area contributed by atoms with Gasteiger partial charge in [0.2, 0.25) is 23.6 Å². The fourth-order valence-corrected chi connectivity index (χ4v) is 8.07. The van der Waals surface area contributed by atoms with E-state index in [9.17, 15) is 19.2 Å². The third-order valence-electron chi connectivity index (χ3n) is 9.75. The Kier molecular flexibility index (Phi) is 4.97. The summed E-state index contributed by atoms with van der Waals surface area (Å²) in [5, 5.41) is 0. The summed E-state index contributed by atoms with van der Waals surface area (Å²) in [5.41, 5.74) is 2.71. The van der Waals surface area contributed by atoms with E-state index in [0.29, 0.717) is 16.9 Å². The van der Waals surface area contributed by atoms with Gasteiger partial charge in [-0.25, -0.2) is 9.80 Å². The summed E-state index contributed by atoms with van der Waals surface area (Å²) < 4.78 is 0. The molecule has 0 aromatic heterocycles. The number of hydrogen-bond donors (Lipinski definition) is 0. The molecule has 2 aliphatic heterocycles. The maximum atomic E-state index is 13.2. The summed E-state index contributed by atoms with van der Waals surface area (Å²) in [6.07, 6.45) is 13.8. The van der Waals surface area contributed by atoms with Gasteiger partial charge in [-0.05, 0) is 84.6 Å². The molecular weight excluding hydrogens is 500 g/mol. The average molecular weight is 527 g/mol. The van der Waals surface area contributed by atoms with Crippen molar-refractivity contribution in [2.24, 2.45) is 47.3 Å². The maximum Gasteiger partial charge on any atom is 0.238 e. The Morgan fingerprint density at radius 2 is 1.10 bits per heavy atom. The molecule has 4 amide bonds. The van der Waals surface area contributed by atoms with Crippen molar-refractivity contribution in [3.63, 3.8) is 0 Å². The number of fused-ring (bicyclic) bond motifs is 10. The average Bonchev–Trinajstić information content (AvgIpc) is 3.80. The standard InChI is InChI=1S/C34H26N2O4/c37-31-27-21-11-12-22(17-21)28(27)32(38)35(31)25-9-3-7-19(15-25)5-1-2-6-20-8-4-10-26(16-20)36-33(39)29-23-13-14-24(18-23)30(29)34(36)40/h1,3-5,7-16,21-24,27-30H,17-18H2/b5-1-/t21-,22-,23-,24-,27+,28+,29-,30+/m0/s1. The van der Waals surface area contributed by atoms with Crippen molar-refractivity contribution in [1.82, 2.24) is 0 Å². The zero-order chi connectivity index (χ0) is 27.1. The fraction of sp³-hybridized carbons (Fsp3) is 0.294. The first-order chi connectivity index (χ1) is 19.5. The van der Waals surface area contributed by atoms with Crippen LogP contribution < -0.4 is 9.80 Å². The number of carbonyl (C=O) groups is 4. The number of amides is 4. The lowest BCUT2D eigenvalue weighted by Crippen LogP contribution is -2.32. The van der Waals surface area contributed by atoms with E-state index in [1.807, 2.05) is 36.4 Å². The van der Waals surface area contributed by atoms with Crippen LogP contribution in [0.15, 0.2) is 78.9 Å². The Morgan fingerprint density at radius 1 is 0.625 bits per heavy atom. The van der Waals surface area contributed by atoms with Gasteiger partial charge in [-0.3, -0.25) is 19.2 Å². The van der Waals surface area contributed by atoms with E-state index < -0.39 is 0 Å². The van der Waals surface area contributed by atoms with Crippen molar-refractivity contribution in [2.45, 2.75) is 12.8 Å². The van der Waals surface area contributed by atoms with Crippen LogP contribution in [0.25, 0.3) is 6.08 Å². The molecule has 2 heterocycles. The van der Waals surface area contributed by atoms with Crippen LogP contribution in [0.5, 0.6) is 0 Å². The Balaban J connectivity index is 0.987. The molecule has 4 aliphatic carbocycles. The first-order valence-electron chi connectivity index (χ1n) is 14.0. The number of allylic oxidation sites excluding steroid dienone is 5. The van der Waals surface area contributed by atoms with E-state index in [1.54, 1.807) is 24.3 Å². The van der Waals surface area contributed by atoms with Gasteiger partial charge in [-0.15, -0.1) is 0 Å². The van der Waals surface area contributed by atoms with E-state index in [-0.39, 0.29) is 71.0 Å². The van der Waals surface area contributed by atoms with Gasteiger partial charge in [0.25, 0.3) is 0 Å². The van der Waals surface area contributed by atoms with Gasteiger partial charge in [0, 0.05) is 5.56 Å². The lowest BCUT2D eigenvalue weighted by molar-refractivity contribution is -0.124. The van der Waals surface area contributed by atoms with Gasteiger partial charge >= 0.3 is 0 Å². The monoisotopic (exact) mass is 526 g/mol. The van der Waals surface area contributed by atoms with Crippen LogP contribution in [0.3, 0.4) is 0 Å². The second-order valence-electron chi connectivity index (χ2n) is 11.8. The largest absolute Gasteiger partial charge is 0.274 e. The lowest BCUT2D eigenvalue weighted by Gasteiger charge is -2.17. The number of rotatable bonds is 3. The van der Waals surface area contributed by atoms with Crippen molar-refractivity contribution < 1.29 is 19.2 Å². The first-order valence-corrected chi connectivity index (χ1v) is 14.0. The quantitative estimate of drug-likeness (QED) is 0.338. The smallest absolute Gasteiger partial charge is 0.238 e. The molecule has 0 radical (unpaired) electrons. The number of anilines is 2. The molecular formula is C34H26N2O4. The third-order valence-corrected chi connectivity index (χ3v) is 9.75. The van der Waals surface area contributed by atoms with Gasteiger partial charge in [0.15, 0.2) is 0 Å². The molecule has 0 N–H and O–H groups in total. The summed E-state index contributed by atoms with van der Waals surface area (Å²) in [7, 11) is 0. The Labute approximate surface area is 232 Å². The van der Waals surface area contributed by atoms with Crippen LogP contribution in [-0.4, -0.2) is 23.6 Å². The maximum absolute atomic E-state index is 13.2. The predicted octanol–water partition coefficient (Wildman–Crippen LogP) is 4.37. The molecule has 2 aromatic rings. The summed E-state index contributed by atoms with van der Waals surface area (Å²) in [4.78, 5) is 55.3. The molecule has 4 bridgehead atoms. The van der Waals surface area contributed by atoms with Crippen molar-refractivity contribution in [2.75, 3.05) is 9.80 Å². The Morgan fingerprint density at radius 3 is 1.62 bits per heavy atom. The summed E-state index contributed by atoms with van der Waals surface area (Å²) >= 11 is 0.